The zero-order valence-electron chi connectivity index (χ0n) is 14.9. The number of carbonyl (C=O) groups is 4. The monoisotopic (exact) mass is 392 g/mol. The molecule has 2 heterocycles. The molecule has 1 unspecified atom stereocenters. The molecular formula is C18H20N2O6S. The number of carboxylic acids is 1. The molecule has 2 aliphatic heterocycles. The lowest BCUT2D eigenvalue weighted by molar-refractivity contribution is -0.161. The summed E-state index contributed by atoms with van der Waals surface area (Å²) >= 11 is 1.33. The fourth-order valence-corrected chi connectivity index (χ4v) is 4.91. The number of hydrogen-bond donors (Lipinski definition) is 2. The summed E-state index contributed by atoms with van der Waals surface area (Å²) in [7, 11) is 0. The summed E-state index contributed by atoms with van der Waals surface area (Å²) in [4.78, 5) is 49.1. The molecule has 2 fully saturated rings. The van der Waals surface area contributed by atoms with Crippen molar-refractivity contribution in [3.05, 3.63) is 30.3 Å². The van der Waals surface area contributed by atoms with Gasteiger partial charge in [-0.2, -0.15) is 0 Å². The van der Waals surface area contributed by atoms with Crippen LogP contribution in [0.1, 0.15) is 20.3 Å². The third-order valence-electron chi connectivity index (χ3n) is 4.49. The van der Waals surface area contributed by atoms with Crippen LogP contribution in [0.25, 0.3) is 0 Å². The Morgan fingerprint density at radius 2 is 1.93 bits per heavy atom. The Bertz CT molecular complexity index is 781. The van der Waals surface area contributed by atoms with E-state index in [-0.39, 0.29) is 6.61 Å². The number of amides is 2. The highest BCUT2D eigenvalue weighted by atomic mass is 32.2. The maximum atomic E-state index is 12.3. The molecule has 2 N–H and O–H groups in total. The second-order valence-corrected chi connectivity index (χ2v) is 8.73. The molecule has 0 saturated carbocycles. The Balaban J connectivity index is 1.51. The minimum Gasteiger partial charge on any atom is -0.486 e. The first-order chi connectivity index (χ1) is 12.7. The highest BCUT2D eigenvalue weighted by Gasteiger charge is 2.64. The smallest absolute Gasteiger partial charge is 0.327 e. The molecule has 0 aromatic heterocycles. The number of nitrogens with zero attached hydrogens (tertiary/aromatic N) is 1. The molecule has 3 rings (SSSR count). The average Bonchev–Trinajstić information content (AvgIpc) is 2.87. The standard InChI is InChI=1S/C18H20N2O6S/c1-18(2)14(17(24)25)20-15(23)13(16(20)27-18)19-12(22)8-10(21)9-26-11-6-4-3-5-7-11/h3-7,13-14,16H,8-9H2,1-2H3,(H,19,22)(H,24,25)/t13?,14-,16+/m0/s1. The van der Waals surface area contributed by atoms with Crippen LogP contribution in [0, 0.1) is 0 Å². The summed E-state index contributed by atoms with van der Waals surface area (Å²) in [6, 6.07) is 7.01. The van der Waals surface area contributed by atoms with Crippen molar-refractivity contribution in [1.29, 1.82) is 0 Å². The second-order valence-electron chi connectivity index (χ2n) is 6.96. The van der Waals surface area contributed by atoms with E-state index in [1.54, 1.807) is 38.1 Å². The number of para-hydroxylation sites is 1. The van der Waals surface area contributed by atoms with Gasteiger partial charge in [-0.15, -0.1) is 11.8 Å². The van der Waals surface area contributed by atoms with E-state index in [2.05, 4.69) is 5.32 Å². The van der Waals surface area contributed by atoms with Crippen molar-refractivity contribution in [2.24, 2.45) is 0 Å². The van der Waals surface area contributed by atoms with Crippen LogP contribution in [0.2, 0.25) is 0 Å². The van der Waals surface area contributed by atoms with E-state index in [4.69, 9.17) is 4.74 Å². The van der Waals surface area contributed by atoms with Crippen LogP contribution in [0.4, 0.5) is 0 Å². The maximum Gasteiger partial charge on any atom is 0.327 e. The first-order valence-electron chi connectivity index (χ1n) is 8.42. The van der Waals surface area contributed by atoms with Gasteiger partial charge in [-0.3, -0.25) is 14.4 Å². The van der Waals surface area contributed by atoms with Gasteiger partial charge in [0.25, 0.3) is 0 Å². The van der Waals surface area contributed by atoms with Crippen molar-refractivity contribution in [1.82, 2.24) is 10.2 Å². The first-order valence-corrected chi connectivity index (χ1v) is 9.30. The molecule has 0 aliphatic carbocycles. The molecule has 0 spiro atoms. The number of carbonyl (C=O) groups excluding carboxylic acids is 3. The first kappa shape index (κ1) is 19.2. The molecule has 1 aromatic rings. The fraction of sp³-hybridized carbons (Fsp3) is 0.444. The van der Waals surface area contributed by atoms with E-state index in [1.807, 2.05) is 6.07 Å². The number of aliphatic carboxylic acids is 1. The van der Waals surface area contributed by atoms with E-state index in [9.17, 15) is 24.3 Å². The third-order valence-corrected chi connectivity index (χ3v) is 6.06. The molecule has 1 aromatic carbocycles. The summed E-state index contributed by atoms with van der Waals surface area (Å²) in [5, 5.41) is 11.5. The molecular weight excluding hydrogens is 372 g/mol. The minimum atomic E-state index is -1.07. The molecule has 8 nitrogen and oxygen atoms in total. The molecule has 2 amide bonds. The Morgan fingerprint density at radius 3 is 2.56 bits per heavy atom. The lowest BCUT2D eigenvalue weighted by atomic mass is 9.96. The Kier molecular flexibility index (Phi) is 5.14. The number of thioether (sulfide) groups is 1. The average molecular weight is 392 g/mol. The third kappa shape index (κ3) is 3.78. The van der Waals surface area contributed by atoms with Gasteiger partial charge in [-0.25, -0.2) is 4.79 Å². The van der Waals surface area contributed by atoms with E-state index >= 15 is 0 Å². The van der Waals surface area contributed by atoms with E-state index in [0.29, 0.717) is 5.75 Å². The van der Waals surface area contributed by atoms with Crippen molar-refractivity contribution >= 4 is 35.3 Å². The van der Waals surface area contributed by atoms with Crippen LogP contribution < -0.4 is 10.1 Å². The van der Waals surface area contributed by atoms with Crippen molar-refractivity contribution in [2.45, 2.75) is 42.5 Å². The number of hydrogen-bond acceptors (Lipinski definition) is 6. The largest absolute Gasteiger partial charge is 0.486 e. The van der Waals surface area contributed by atoms with Crippen LogP contribution in [-0.2, 0) is 19.2 Å². The number of benzene rings is 1. The van der Waals surface area contributed by atoms with Crippen molar-refractivity contribution in [3.8, 4) is 5.75 Å². The SMILES string of the molecule is CC1(C)S[C@@H]2C(NC(=O)CC(=O)COc3ccccc3)C(=O)N2[C@H]1C(=O)O. The maximum absolute atomic E-state index is 12.3. The minimum absolute atomic E-state index is 0.242. The van der Waals surface area contributed by atoms with Gasteiger partial charge in [0.05, 0.1) is 6.42 Å². The highest BCUT2D eigenvalue weighted by Crippen LogP contribution is 2.50. The van der Waals surface area contributed by atoms with E-state index in [0.717, 1.165) is 0 Å². The van der Waals surface area contributed by atoms with Gasteiger partial charge < -0.3 is 20.1 Å². The van der Waals surface area contributed by atoms with Crippen LogP contribution in [0.3, 0.4) is 0 Å². The van der Waals surface area contributed by atoms with Gasteiger partial charge in [-0.05, 0) is 26.0 Å². The van der Waals surface area contributed by atoms with Crippen molar-refractivity contribution in [3.63, 3.8) is 0 Å². The number of carboxylic acid groups (broad SMARTS) is 1. The Labute approximate surface area is 160 Å². The summed E-state index contributed by atoms with van der Waals surface area (Å²) in [5.41, 5.74) is 0. The molecule has 3 atom stereocenters. The molecule has 0 bridgehead atoms. The van der Waals surface area contributed by atoms with Crippen LogP contribution >= 0.6 is 11.8 Å². The predicted molar refractivity (Wildman–Crippen MR) is 97.2 cm³/mol. The summed E-state index contributed by atoms with van der Waals surface area (Å²) in [5.74, 6) is -1.97. The number of rotatable bonds is 7. The zero-order valence-corrected chi connectivity index (χ0v) is 15.7. The number of Topliss-reactive ketones (excluding diaryl/α,β-unsaturated/α-hetero) is 1. The van der Waals surface area contributed by atoms with E-state index in [1.165, 1.54) is 16.7 Å². The highest BCUT2D eigenvalue weighted by molar-refractivity contribution is 8.01. The molecule has 2 saturated heterocycles. The molecule has 144 valence electrons. The lowest BCUT2D eigenvalue weighted by Crippen LogP contribution is -2.70. The summed E-state index contributed by atoms with van der Waals surface area (Å²) in [6.45, 7) is 3.27. The Hall–Kier alpha value is -2.55. The molecule has 0 radical (unpaired) electrons. The molecule has 2 aliphatic rings. The number of nitrogens with one attached hydrogen (secondary N) is 1. The predicted octanol–water partition coefficient (Wildman–Crippen LogP) is 0.656. The Morgan fingerprint density at radius 1 is 1.26 bits per heavy atom. The number of β-lactam (4-membered cyclic amide) rings is 1. The van der Waals surface area contributed by atoms with E-state index < -0.39 is 52.2 Å². The lowest BCUT2D eigenvalue weighted by Gasteiger charge is -2.43. The van der Waals surface area contributed by atoms with Gasteiger partial charge >= 0.3 is 5.97 Å². The van der Waals surface area contributed by atoms with Crippen LogP contribution in [0.5, 0.6) is 5.75 Å². The summed E-state index contributed by atoms with van der Waals surface area (Å²) in [6.07, 6.45) is -0.403. The molecule has 9 heteroatoms. The quantitative estimate of drug-likeness (QED) is 0.518. The van der Waals surface area contributed by atoms with Crippen LogP contribution in [-0.4, -0.2) is 62.4 Å². The van der Waals surface area contributed by atoms with Gasteiger partial charge in [0.2, 0.25) is 11.8 Å². The van der Waals surface area contributed by atoms with Gasteiger partial charge in [0.1, 0.15) is 29.8 Å². The zero-order chi connectivity index (χ0) is 19.8. The van der Waals surface area contributed by atoms with Crippen molar-refractivity contribution in [2.75, 3.05) is 6.61 Å². The topological polar surface area (TPSA) is 113 Å². The molecule has 27 heavy (non-hydrogen) atoms. The number of ketones is 1. The number of ether oxygens (including phenoxy) is 1. The fourth-order valence-electron chi connectivity index (χ4n) is 3.28. The second kappa shape index (κ2) is 7.22. The van der Waals surface area contributed by atoms with Gasteiger partial charge in [0, 0.05) is 4.75 Å². The van der Waals surface area contributed by atoms with Crippen molar-refractivity contribution < 1.29 is 29.0 Å². The number of fused-ring (bicyclic) bond motifs is 1. The summed E-state index contributed by atoms with van der Waals surface area (Å²) < 4.78 is 4.64. The normalized spacial score (nSPS) is 25.3. The van der Waals surface area contributed by atoms with Gasteiger partial charge in [-0.1, -0.05) is 18.2 Å². The van der Waals surface area contributed by atoms with Gasteiger partial charge in [0.15, 0.2) is 5.78 Å². The van der Waals surface area contributed by atoms with Crippen LogP contribution in [0.15, 0.2) is 30.3 Å².